The molecule has 0 aromatic heterocycles. The van der Waals surface area contributed by atoms with Crippen LogP contribution in [0, 0.1) is 0 Å². The van der Waals surface area contributed by atoms with Gasteiger partial charge in [-0.3, -0.25) is 23.4 Å². The van der Waals surface area contributed by atoms with E-state index in [1.54, 1.807) is 0 Å². The number of allylic oxidation sites excluding steroid dienone is 4. The molecule has 0 amide bonds. The summed E-state index contributed by atoms with van der Waals surface area (Å²) in [5.41, 5.74) is 5.31. The molecule has 0 aliphatic rings. The highest BCUT2D eigenvalue weighted by atomic mass is 31.2. The van der Waals surface area contributed by atoms with Gasteiger partial charge in [-0.05, 0) is 57.8 Å². The highest BCUT2D eigenvalue weighted by molar-refractivity contribution is 7.47. The Balaban J connectivity index is 4.43. The van der Waals surface area contributed by atoms with E-state index in [4.69, 9.17) is 24.8 Å². The Morgan fingerprint density at radius 2 is 1.02 bits per heavy atom. The second-order valence-electron chi connectivity index (χ2n) is 13.1. The second kappa shape index (κ2) is 34.1. The lowest BCUT2D eigenvalue weighted by Crippen LogP contribution is -2.34. The van der Waals surface area contributed by atoms with Crippen molar-refractivity contribution in [2.24, 2.45) is 5.73 Å². The average Bonchev–Trinajstić information content (AvgIpc) is 3.09. The van der Waals surface area contributed by atoms with Crippen molar-refractivity contribution in [2.75, 3.05) is 19.8 Å². The van der Waals surface area contributed by atoms with Crippen LogP contribution in [0.1, 0.15) is 168 Å². The van der Waals surface area contributed by atoms with E-state index in [0.29, 0.717) is 12.8 Å². The van der Waals surface area contributed by atoms with Gasteiger partial charge in [0.15, 0.2) is 6.10 Å². The summed E-state index contributed by atoms with van der Waals surface area (Å²) >= 11 is 0. The van der Waals surface area contributed by atoms with Crippen LogP contribution in [0.2, 0.25) is 0 Å². The third-order valence-corrected chi connectivity index (χ3v) is 9.12. The summed E-state index contributed by atoms with van der Waals surface area (Å²) in [6, 6.07) is -1.52. The molecule has 0 radical (unpaired) electrons. The smallest absolute Gasteiger partial charge is 0.472 e. The van der Waals surface area contributed by atoms with Gasteiger partial charge in [-0.25, -0.2) is 4.57 Å². The third-order valence-electron chi connectivity index (χ3n) is 8.17. The van der Waals surface area contributed by atoms with E-state index in [1.807, 2.05) is 0 Å². The summed E-state index contributed by atoms with van der Waals surface area (Å²) in [6.07, 6.45) is 32.5. The van der Waals surface area contributed by atoms with E-state index in [1.165, 1.54) is 51.4 Å². The fourth-order valence-corrected chi connectivity index (χ4v) is 5.82. The maximum atomic E-state index is 12.5. The van der Waals surface area contributed by atoms with E-state index in [9.17, 15) is 23.8 Å². The van der Waals surface area contributed by atoms with Crippen molar-refractivity contribution in [3.63, 3.8) is 0 Å². The molecule has 0 bridgehead atoms. The van der Waals surface area contributed by atoms with Gasteiger partial charge in [-0.15, -0.1) is 0 Å². The SMILES string of the molecule is CCCC/C=C/CCCCCCCC(=O)O[C@H](COC(=O)CCCCCCC/C=C/CCCCCCCC)COP(=O)(O)OC[C@H](N)C(=O)O. The number of unbranched alkanes of at least 4 members (excludes halogenated alkanes) is 18. The number of hydrogen-bond donors (Lipinski definition) is 3. The maximum absolute atomic E-state index is 12.5. The lowest BCUT2D eigenvalue weighted by Gasteiger charge is -2.20. The van der Waals surface area contributed by atoms with Gasteiger partial charge in [0.2, 0.25) is 0 Å². The molecule has 12 heteroatoms. The molecule has 0 heterocycles. The minimum atomic E-state index is -4.71. The number of carbonyl (C=O) groups is 3. The van der Waals surface area contributed by atoms with Crippen molar-refractivity contribution >= 4 is 25.7 Å². The van der Waals surface area contributed by atoms with E-state index >= 15 is 0 Å². The molecule has 11 nitrogen and oxygen atoms in total. The second-order valence-corrected chi connectivity index (χ2v) is 14.5. The van der Waals surface area contributed by atoms with Crippen LogP contribution in [-0.4, -0.2) is 59.9 Å². The molecular formula is C38H70NO10P. The Kier molecular flexibility index (Phi) is 32.7. The van der Waals surface area contributed by atoms with E-state index < -0.39 is 51.1 Å². The number of carbonyl (C=O) groups excluding carboxylic acids is 2. The maximum Gasteiger partial charge on any atom is 0.472 e. The third kappa shape index (κ3) is 33.1. The van der Waals surface area contributed by atoms with Crippen LogP contribution in [0.4, 0.5) is 0 Å². The highest BCUT2D eigenvalue weighted by Crippen LogP contribution is 2.43. The quantitative estimate of drug-likeness (QED) is 0.0242. The van der Waals surface area contributed by atoms with Crippen molar-refractivity contribution in [3.8, 4) is 0 Å². The monoisotopic (exact) mass is 731 g/mol. The first-order valence-corrected chi connectivity index (χ1v) is 20.9. The zero-order valence-electron chi connectivity index (χ0n) is 31.2. The fourth-order valence-electron chi connectivity index (χ4n) is 5.04. The molecular weight excluding hydrogens is 661 g/mol. The van der Waals surface area contributed by atoms with Gasteiger partial charge in [-0.1, -0.05) is 122 Å². The molecule has 0 saturated heterocycles. The van der Waals surface area contributed by atoms with Gasteiger partial charge >= 0.3 is 25.7 Å². The zero-order valence-corrected chi connectivity index (χ0v) is 32.1. The fraction of sp³-hybridized carbons (Fsp3) is 0.816. The average molecular weight is 732 g/mol. The van der Waals surface area contributed by atoms with Crippen molar-refractivity contribution in [1.82, 2.24) is 0 Å². The van der Waals surface area contributed by atoms with Gasteiger partial charge in [-0.2, -0.15) is 0 Å². The van der Waals surface area contributed by atoms with Crippen LogP contribution in [0.15, 0.2) is 24.3 Å². The molecule has 0 aromatic carbocycles. The molecule has 0 fully saturated rings. The highest BCUT2D eigenvalue weighted by Gasteiger charge is 2.28. The number of carboxylic acid groups (broad SMARTS) is 1. The number of carboxylic acids is 1. The van der Waals surface area contributed by atoms with Gasteiger partial charge in [0.1, 0.15) is 12.6 Å². The molecule has 4 N–H and O–H groups in total. The lowest BCUT2D eigenvalue weighted by atomic mass is 10.1. The Bertz CT molecular complexity index is 958. The van der Waals surface area contributed by atoms with Crippen molar-refractivity contribution in [2.45, 2.75) is 180 Å². The molecule has 0 rings (SSSR count). The van der Waals surface area contributed by atoms with Crippen LogP contribution < -0.4 is 5.73 Å². The Morgan fingerprint density at radius 1 is 0.600 bits per heavy atom. The van der Waals surface area contributed by atoms with Crippen molar-refractivity contribution < 1.29 is 47.5 Å². The molecule has 1 unspecified atom stereocenters. The first-order chi connectivity index (χ1) is 24.1. The normalized spacial score (nSPS) is 14.2. The summed E-state index contributed by atoms with van der Waals surface area (Å²) in [4.78, 5) is 45.7. The van der Waals surface area contributed by atoms with Crippen LogP contribution >= 0.6 is 7.82 Å². The predicted octanol–water partition coefficient (Wildman–Crippen LogP) is 9.50. The van der Waals surface area contributed by atoms with Crippen LogP contribution in [0.25, 0.3) is 0 Å². The van der Waals surface area contributed by atoms with Gasteiger partial charge < -0.3 is 25.2 Å². The van der Waals surface area contributed by atoms with E-state index in [0.717, 1.165) is 77.0 Å². The van der Waals surface area contributed by atoms with Crippen molar-refractivity contribution in [3.05, 3.63) is 24.3 Å². The molecule has 3 atom stereocenters. The van der Waals surface area contributed by atoms with E-state index in [2.05, 4.69) is 42.7 Å². The summed E-state index contributed by atoms with van der Waals surface area (Å²) in [5, 5.41) is 8.85. The number of ether oxygens (including phenoxy) is 2. The zero-order chi connectivity index (χ0) is 37.1. The minimum absolute atomic E-state index is 0.150. The van der Waals surface area contributed by atoms with E-state index in [-0.39, 0.29) is 19.4 Å². The number of esters is 2. The lowest BCUT2D eigenvalue weighted by molar-refractivity contribution is -0.161. The van der Waals surface area contributed by atoms with Crippen LogP contribution in [0.3, 0.4) is 0 Å². The largest absolute Gasteiger partial charge is 0.480 e. The molecule has 0 aromatic rings. The summed E-state index contributed by atoms with van der Waals surface area (Å²) in [7, 11) is -4.71. The minimum Gasteiger partial charge on any atom is -0.480 e. The summed E-state index contributed by atoms with van der Waals surface area (Å²) in [5.74, 6) is -2.40. The summed E-state index contributed by atoms with van der Waals surface area (Å²) in [6.45, 7) is 2.72. The first kappa shape index (κ1) is 48.0. The van der Waals surface area contributed by atoms with Gasteiger partial charge in [0.05, 0.1) is 13.2 Å². The molecule has 50 heavy (non-hydrogen) atoms. The number of hydrogen-bond acceptors (Lipinski definition) is 9. The molecule has 0 aliphatic heterocycles. The number of rotatable bonds is 36. The Hall–Kier alpha value is -2.04. The van der Waals surface area contributed by atoms with Crippen LogP contribution in [0.5, 0.6) is 0 Å². The predicted molar refractivity (Wildman–Crippen MR) is 199 cm³/mol. The molecule has 0 saturated carbocycles. The number of phosphoric acid groups is 1. The Morgan fingerprint density at radius 3 is 1.52 bits per heavy atom. The van der Waals surface area contributed by atoms with Gasteiger partial charge in [0.25, 0.3) is 0 Å². The Labute approximate surface area is 302 Å². The number of nitrogens with two attached hydrogens (primary N) is 1. The standard InChI is InChI=1S/C38H70NO10P/c1-3-5-7-9-11-13-15-16-17-18-20-21-23-25-27-29-36(40)46-31-34(32-47-50(44,45)48-33-35(39)38(42)43)49-37(41)30-28-26-24-22-19-14-12-10-8-6-4-2/h10,12,16-17,34-35H,3-9,11,13-15,18-33,39H2,1-2H3,(H,42,43)(H,44,45)/b12-10+,17-16+/t34-,35+/m1/s1. The van der Waals surface area contributed by atoms with Gasteiger partial charge in [0, 0.05) is 12.8 Å². The number of aliphatic carboxylic acids is 1. The molecule has 0 aliphatic carbocycles. The number of phosphoric ester groups is 1. The summed E-state index contributed by atoms with van der Waals surface area (Å²) < 4.78 is 32.5. The van der Waals surface area contributed by atoms with Crippen molar-refractivity contribution in [1.29, 1.82) is 0 Å². The topological polar surface area (TPSA) is 172 Å². The molecule has 292 valence electrons. The first-order valence-electron chi connectivity index (χ1n) is 19.4. The molecule has 0 spiro atoms. The van der Waals surface area contributed by atoms with Crippen LogP contribution in [-0.2, 0) is 37.5 Å².